The van der Waals surface area contributed by atoms with Gasteiger partial charge in [-0.2, -0.15) is 0 Å². The summed E-state index contributed by atoms with van der Waals surface area (Å²) in [5, 5.41) is 6.27. The molecule has 0 saturated heterocycles. The van der Waals surface area contributed by atoms with E-state index >= 15 is 0 Å². The summed E-state index contributed by atoms with van der Waals surface area (Å²) in [5.74, 6) is 0.952. The fourth-order valence-corrected chi connectivity index (χ4v) is 2.73. The number of hydrogen-bond acceptors (Lipinski definition) is 3. The van der Waals surface area contributed by atoms with E-state index in [4.69, 9.17) is 0 Å². The Morgan fingerprint density at radius 1 is 1.50 bits per heavy atom. The van der Waals surface area contributed by atoms with Crippen LogP contribution < -0.4 is 10.6 Å². The predicted octanol–water partition coefficient (Wildman–Crippen LogP) is 2.39. The molecular formula is C12H14BrN3OS. The van der Waals surface area contributed by atoms with Crippen LogP contribution in [0.15, 0.2) is 33.7 Å². The zero-order chi connectivity index (χ0) is 12.8. The molecule has 2 amide bonds. The average Bonchev–Trinajstić information content (AvgIpc) is 2.82. The minimum Gasteiger partial charge on any atom is -0.337 e. The summed E-state index contributed by atoms with van der Waals surface area (Å²) in [6, 6.07) is 7.89. The van der Waals surface area contributed by atoms with Crippen molar-refractivity contribution in [3.63, 3.8) is 0 Å². The summed E-state index contributed by atoms with van der Waals surface area (Å²) in [7, 11) is 0. The first-order valence-corrected chi connectivity index (χ1v) is 7.48. The number of halogens is 1. The third-order valence-corrected chi connectivity index (χ3v) is 3.78. The maximum absolute atomic E-state index is 11.5. The van der Waals surface area contributed by atoms with Gasteiger partial charge in [-0.15, -0.1) is 0 Å². The quantitative estimate of drug-likeness (QED) is 0.895. The van der Waals surface area contributed by atoms with E-state index in [-0.39, 0.29) is 6.03 Å². The van der Waals surface area contributed by atoms with Crippen LogP contribution in [0.4, 0.5) is 4.79 Å². The Kier molecular flexibility index (Phi) is 5.07. The smallest absolute Gasteiger partial charge is 0.320 e. The van der Waals surface area contributed by atoms with Crippen LogP contribution in [-0.4, -0.2) is 30.0 Å². The number of nitrogens with one attached hydrogen (secondary N) is 2. The zero-order valence-corrected chi connectivity index (χ0v) is 12.2. The van der Waals surface area contributed by atoms with Crippen LogP contribution in [0, 0.1) is 0 Å². The van der Waals surface area contributed by atoms with Gasteiger partial charge in [-0.3, -0.25) is 10.3 Å². The molecule has 96 valence electrons. The molecule has 0 bridgehead atoms. The minimum absolute atomic E-state index is 0.182. The van der Waals surface area contributed by atoms with Crippen molar-refractivity contribution in [2.75, 3.05) is 18.8 Å². The molecule has 0 spiro atoms. The Hall–Kier alpha value is -1.01. The van der Waals surface area contributed by atoms with Crippen molar-refractivity contribution in [3.8, 4) is 0 Å². The third kappa shape index (κ3) is 4.34. The number of urea groups is 1. The predicted molar refractivity (Wildman–Crippen MR) is 79.1 cm³/mol. The van der Waals surface area contributed by atoms with Gasteiger partial charge >= 0.3 is 6.03 Å². The van der Waals surface area contributed by atoms with Crippen LogP contribution in [0.25, 0.3) is 0 Å². The lowest BCUT2D eigenvalue weighted by molar-refractivity contribution is 0.245. The number of hydrogen-bond donors (Lipinski definition) is 2. The van der Waals surface area contributed by atoms with Crippen LogP contribution in [0.3, 0.4) is 0 Å². The Morgan fingerprint density at radius 2 is 2.39 bits per heavy atom. The van der Waals surface area contributed by atoms with Gasteiger partial charge in [0.1, 0.15) is 0 Å². The molecule has 18 heavy (non-hydrogen) atoms. The van der Waals surface area contributed by atoms with Crippen molar-refractivity contribution >= 4 is 38.9 Å². The lowest BCUT2D eigenvalue weighted by Gasteiger charge is -2.07. The molecule has 0 unspecified atom stereocenters. The summed E-state index contributed by atoms with van der Waals surface area (Å²) >= 11 is 5.00. The molecule has 0 fully saturated rings. The topological polar surface area (TPSA) is 53.5 Å². The van der Waals surface area contributed by atoms with E-state index < -0.39 is 0 Å². The molecule has 0 saturated carbocycles. The minimum atomic E-state index is -0.182. The number of thioether (sulfide) groups is 1. The van der Waals surface area contributed by atoms with Crippen LogP contribution in [0.1, 0.15) is 5.56 Å². The van der Waals surface area contributed by atoms with E-state index in [0.29, 0.717) is 6.54 Å². The highest BCUT2D eigenvalue weighted by Gasteiger charge is 2.09. The third-order valence-electron chi connectivity index (χ3n) is 2.39. The molecular weight excluding hydrogens is 314 g/mol. The summed E-state index contributed by atoms with van der Waals surface area (Å²) in [6.07, 6.45) is 0.812. The summed E-state index contributed by atoms with van der Waals surface area (Å²) in [5.41, 5.74) is 1.19. The monoisotopic (exact) mass is 327 g/mol. The van der Waals surface area contributed by atoms with Crippen LogP contribution >= 0.6 is 27.7 Å². The molecule has 2 rings (SSSR count). The summed E-state index contributed by atoms with van der Waals surface area (Å²) in [6.45, 7) is 1.40. The van der Waals surface area contributed by atoms with Crippen molar-refractivity contribution in [3.05, 3.63) is 34.3 Å². The van der Waals surface area contributed by atoms with Gasteiger partial charge in [-0.25, -0.2) is 4.79 Å². The normalized spacial score (nSPS) is 14.2. The SMILES string of the molecule is O=C(NCCc1cccc(Br)c1)NC1=NCCS1. The maximum Gasteiger partial charge on any atom is 0.320 e. The van der Waals surface area contributed by atoms with E-state index in [1.54, 1.807) is 11.8 Å². The first-order chi connectivity index (χ1) is 8.74. The van der Waals surface area contributed by atoms with Gasteiger partial charge in [0, 0.05) is 16.8 Å². The molecule has 1 heterocycles. The van der Waals surface area contributed by atoms with Gasteiger partial charge in [-0.05, 0) is 24.1 Å². The first kappa shape index (κ1) is 13.4. The van der Waals surface area contributed by atoms with Crippen LogP contribution in [-0.2, 0) is 6.42 Å². The highest BCUT2D eigenvalue weighted by molar-refractivity contribution is 9.10. The second kappa shape index (κ2) is 6.80. The number of aliphatic imine (C=N–C) groups is 1. The Balaban J connectivity index is 1.70. The molecule has 1 aliphatic rings. The standard InChI is InChI=1S/C12H14BrN3OS/c13-10-3-1-2-9(8-10)4-5-14-11(17)16-12-15-6-7-18-12/h1-3,8H,4-7H2,(H2,14,15,16,17). The number of carbonyl (C=O) groups is 1. The molecule has 4 nitrogen and oxygen atoms in total. The number of nitrogens with zero attached hydrogens (tertiary/aromatic N) is 1. The number of amides is 2. The van der Waals surface area contributed by atoms with Gasteiger partial charge < -0.3 is 5.32 Å². The summed E-state index contributed by atoms with van der Waals surface area (Å²) < 4.78 is 1.06. The van der Waals surface area contributed by atoms with Gasteiger partial charge in [0.25, 0.3) is 0 Å². The molecule has 6 heteroatoms. The number of carbonyl (C=O) groups excluding carboxylic acids is 1. The van der Waals surface area contributed by atoms with Crippen LogP contribution in [0.2, 0.25) is 0 Å². The average molecular weight is 328 g/mol. The highest BCUT2D eigenvalue weighted by atomic mass is 79.9. The molecule has 1 aromatic carbocycles. The fraction of sp³-hybridized carbons (Fsp3) is 0.333. The second-order valence-electron chi connectivity index (χ2n) is 3.80. The van der Waals surface area contributed by atoms with E-state index in [0.717, 1.165) is 28.4 Å². The molecule has 2 N–H and O–H groups in total. The van der Waals surface area contributed by atoms with Crippen molar-refractivity contribution in [1.82, 2.24) is 10.6 Å². The van der Waals surface area contributed by atoms with Crippen molar-refractivity contribution < 1.29 is 4.79 Å². The van der Waals surface area contributed by atoms with E-state index in [1.807, 2.05) is 18.2 Å². The number of rotatable bonds is 3. The van der Waals surface area contributed by atoms with Gasteiger partial charge in [-0.1, -0.05) is 39.8 Å². The zero-order valence-electron chi connectivity index (χ0n) is 9.78. The Bertz CT molecular complexity index is 464. The number of benzene rings is 1. The highest BCUT2D eigenvalue weighted by Crippen LogP contribution is 2.11. The molecule has 1 aromatic rings. The van der Waals surface area contributed by atoms with Crippen molar-refractivity contribution in [2.45, 2.75) is 6.42 Å². The van der Waals surface area contributed by atoms with E-state index in [2.05, 4.69) is 37.6 Å². The van der Waals surface area contributed by atoms with E-state index in [9.17, 15) is 4.79 Å². The molecule has 1 aliphatic heterocycles. The summed E-state index contributed by atoms with van der Waals surface area (Å²) in [4.78, 5) is 15.7. The van der Waals surface area contributed by atoms with Gasteiger partial charge in [0.05, 0.1) is 6.54 Å². The van der Waals surface area contributed by atoms with Crippen molar-refractivity contribution in [2.24, 2.45) is 4.99 Å². The molecule has 0 radical (unpaired) electrons. The molecule has 0 atom stereocenters. The Morgan fingerprint density at radius 3 is 3.11 bits per heavy atom. The second-order valence-corrected chi connectivity index (χ2v) is 5.80. The largest absolute Gasteiger partial charge is 0.337 e. The van der Waals surface area contributed by atoms with Gasteiger partial charge in [0.15, 0.2) is 5.17 Å². The lowest BCUT2D eigenvalue weighted by Crippen LogP contribution is -2.38. The fourth-order valence-electron chi connectivity index (χ4n) is 1.56. The van der Waals surface area contributed by atoms with Crippen molar-refractivity contribution in [1.29, 1.82) is 0 Å². The lowest BCUT2D eigenvalue weighted by atomic mass is 10.1. The maximum atomic E-state index is 11.5. The Labute approximate surface area is 119 Å². The van der Waals surface area contributed by atoms with E-state index in [1.165, 1.54) is 5.56 Å². The van der Waals surface area contributed by atoms with Crippen LogP contribution in [0.5, 0.6) is 0 Å². The molecule has 0 aliphatic carbocycles. The van der Waals surface area contributed by atoms with Gasteiger partial charge in [0.2, 0.25) is 0 Å². The number of amidine groups is 1. The molecule has 0 aromatic heterocycles. The first-order valence-electron chi connectivity index (χ1n) is 5.70.